The molecule has 1 aromatic carbocycles. The maximum Gasteiger partial charge on any atom is 0.133 e. The number of benzene rings is 1. The lowest BCUT2D eigenvalue weighted by molar-refractivity contribution is 0.482. The Morgan fingerprint density at radius 2 is 2.23 bits per heavy atom. The Hall–Kier alpha value is -0.000000000000000194. The van der Waals surface area contributed by atoms with Gasteiger partial charge < -0.3 is 5.11 Å². The predicted octanol–water partition coefficient (Wildman–Crippen LogP) is 3.95. The summed E-state index contributed by atoms with van der Waals surface area (Å²) in [4.78, 5) is 0. The van der Waals surface area contributed by atoms with Crippen molar-refractivity contribution in [1.29, 1.82) is 0 Å². The second-order valence-electron chi connectivity index (χ2n) is 2.64. The molecule has 0 spiro atoms. The second kappa shape index (κ2) is 3.63. The minimum atomic E-state index is 0.344. The van der Waals surface area contributed by atoms with Crippen LogP contribution >= 0.6 is 45.5 Å². The molecule has 0 atom stereocenters. The Morgan fingerprint density at radius 3 is 2.92 bits per heavy atom. The minimum absolute atomic E-state index is 0.344. The number of hydrogen-bond donors (Lipinski definition) is 1. The fourth-order valence-electron chi connectivity index (χ4n) is 1.25. The molecule has 1 nitrogen and oxygen atoms in total. The lowest BCUT2D eigenvalue weighted by Gasteiger charge is -1.94. The third-order valence-electron chi connectivity index (χ3n) is 1.88. The summed E-state index contributed by atoms with van der Waals surface area (Å²) in [6, 6.07) is 5.54. The Kier molecular flexibility index (Phi) is 2.67. The van der Waals surface area contributed by atoms with Crippen LogP contribution in [0.15, 0.2) is 18.2 Å². The molecule has 4 heteroatoms. The average Bonchev–Trinajstić information content (AvgIpc) is 2.43. The molecule has 0 aliphatic heterocycles. The van der Waals surface area contributed by atoms with E-state index in [0.29, 0.717) is 11.6 Å². The van der Waals surface area contributed by atoms with Crippen molar-refractivity contribution in [2.24, 2.45) is 0 Å². The van der Waals surface area contributed by atoms with Gasteiger partial charge in [0, 0.05) is 11.3 Å². The quantitative estimate of drug-likeness (QED) is 0.622. The highest BCUT2D eigenvalue weighted by Crippen LogP contribution is 2.38. The van der Waals surface area contributed by atoms with Gasteiger partial charge in [-0.15, -0.1) is 22.9 Å². The monoisotopic (exact) mass is 324 g/mol. The molecule has 0 aliphatic carbocycles. The van der Waals surface area contributed by atoms with E-state index in [1.807, 2.05) is 12.1 Å². The molecule has 0 saturated carbocycles. The first-order chi connectivity index (χ1) is 6.24. The zero-order chi connectivity index (χ0) is 9.42. The molecule has 1 aromatic heterocycles. The lowest BCUT2D eigenvalue weighted by Crippen LogP contribution is -1.75. The van der Waals surface area contributed by atoms with Crippen LogP contribution in [0, 0.1) is 2.88 Å². The van der Waals surface area contributed by atoms with Gasteiger partial charge in [-0.25, -0.2) is 0 Å². The largest absolute Gasteiger partial charge is 0.506 e. The molecule has 0 amide bonds. The smallest absolute Gasteiger partial charge is 0.133 e. The van der Waals surface area contributed by atoms with E-state index in [-0.39, 0.29) is 0 Å². The van der Waals surface area contributed by atoms with Crippen LogP contribution in [-0.4, -0.2) is 5.11 Å². The number of phenolic OH excluding ortho intramolecular Hbond substituents is 1. The summed E-state index contributed by atoms with van der Waals surface area (Å²) in [5.74, 6) is 0.846. The fraction of sp³-hybridized carbons (Fsp3) is 0.111. The Labute approximate surface area is 98.5 Å². The first kappa shape index (κ1) is 9.55. The van der Waals surface area contributed by atoms with E-state index in [2.05, 4.69) is 22.6 Å². The van der Waals surface area contributed by atoms with Crippen LogP contribution < -0.4 is 0 Å². The summed E-state index contributed by atoms with van der Waals surface area (Å²) in [6.07, 6.45) is 0. The summed E-state index contributed by atoms with van der Waals surface area (Å²) in [5.41, 5.74) is 1.12. The van der Waals surface area contributed by atoms with Crippen LogP contribution in [0.2, 0.25) is 0 Å². The molecule has 0 fully saturated rings. The molecular formula is C9H6ClIOS. The van der Waals surface area contributed by atoms with Crippen LogP contribution in [0.5, 0.6) is 5.75 Å². The first-order valence-corrected chi connectivity index (χ1v) is 6.12. The highest BCUT2D eigenvalue weighted by atomic mass is 127. The van der Waals surface area contributed by atoms with Crippen molar-refractivity contribution < 1.29 is 5.11 Å². The first-order valence-electron chi connectivity index (χ1n) is 3.69. The third kappa shape index (κ3) is 1.53. The predicted molar refractivity (Wildman–Crippen MR) is 65.8 cm³/mol. The highest BCUT2D eigenvalue weighted by molar-refractivity contribution is 14.1. The summed E-state index contributed by atoms with van der Waals surface area (Å²) in [5, 5.41) is 10.6. The molecule has 0 aliphatic rings. The van der Waals surface area contributed by atoms with Gasteiger partial charge in [0.15, 0.2) is 0 Å². The van der Waals surface area contributed by atoms with Gasteiger partial charge in [-0.05, 0) is 34.2 Å². The molecular weight excluding hydrogens is 319 g/mol. The number of thiophene rings is 1. The molecule has 0 unspecified atom stereocenters. The molecule has 68 valence electrons. The van der Waals surface area contributed by atoms with E-state index in [1.54, 1.807) is 17.4 Å². The van der Waals surface area contributed by atoms with E-state index in [1.165, 1.54) is 0 Å². The van der Waals surface area contributed by atoms with E-state index in [4.69, 9.17) is 11.6 Å². The van der Waals surface area contributed by atoms with Gasteiger partial charge in [0.05, 0.1) is 7.58 Å². The molecule has 2 rings (SSSR count). The average molecular weight is 325 g/mol. The number of rotatable bonds is 1. The molecule has 0 bridgehead atoms. The van der Waals surface area contributed by atoms with Gasteiger partial charge in [-0.3, -0.25) is 0 Å². The Bertz CT molecular complexity index is 452. The van der Waals surface area contributed by atoms with Crippen molar-refractivity contribution in [1.82, 2.24) is 0 Å². The summed E-state index contributed by atoms with van der Waals surface area (Å²) < 4.78 is 2.09. The van der Waals surface area contributed by atoms with Crippen LogP contribution in [0.1, 0.15) is 5.56 Å². The van der Waals surface area contributed by atoms with Gasteiger partial charge in [-0.2, -0.15) is 0 Å². The number of phenols is 1. The zero-order valence-corrected chi connectivity index (χ0v) is 10.3. The summed E-state index contributed by atoms with van der Waals surface area (Å²) >= 11 is 9.66. The molecule has 0 saturated heterocycles. The van der Waals surface area contributed by atoms with Crippen LogP contribution in [0.25, 0.3) is 10.1 Å². The number of hydrogen-bond acceptors (Lipinski definition) is 2. The minimum Gasteiger partial charge on any atom is -0.506 e. The SMILES string of the molecule is Oc1cccc2c(CCl)c(I)sc12. The van der Waals surface area contributed by atoms with Crippen LogP contribution in [-0.2, 0) is 5.88 Å². The molecule has 13 heavy (non-hydrogen) atoms. The lowest BCUT2D eigenvalue weighted by atomic mass is 10.2. The summed E-state index contributed by atoms with van der Waals surface area (Å²) in [7, 11) is 0. The third-order valence-corrected chi connectivity index (χ3v) is 4.52. The standard InChI is InChI=1S/C9H6ClIOS/c10-4-6-5-2-1-3-7(12)8(5)13-9(6)11/h1-3,12H,4H2. The summed E-state index contributed by atoms with van der Waals surface area (Å²) in [6.45, 7) is 0. The van der Waals surface area contributed by atoms with Crippen LogP contribution in [0.3, 0.4) is 0 Å². The van der Waals surface area contributed by atoms with E-state index in [9.17, 15) is 5.11 Å². The maximum absolute atomic E-state index is 9.57. The zero-order valence-electron chi connectivity index (χ0n) is 6.55. The van der Waals surface area contributed by atoms with Gasteiger partial charge >= 0.3 is 0 Å². The molecule has 1 N–H and O–H groups in total. The van der Waals surface area contributed by atoms with E-state index >= 15 is 0 Å². The van der Waals surface area contributed by atoms with Gasteiger partial charge in [0.1, 0.15) is 5.75 Å². The topological polar surface area (TPSA) is 20.2 Å². The van der Waals surface area contributed by atoms with Gasteiger partial charge in [-0.1, -0.05) is 12.1 Å². The van der Waals surface area contributed by atoms with Gasteiger partial charge in [0.25, 0.3) is 0 Å². The second-order valence-corrected chi connectivity index (χ2v) is 5.74. The van der Waals surface area contributed by atoms with E-state index < -0.39 is 0 Å². The molecule has 2 aromatic rings. The Balaban J connectivity index is 2.86. The van der Waals surface area contributed by atoms with Crippen molar-refractivity contribution in [2.75, 3.05) is 0 Å². The Morgan fingerprint density at radius 1 is 1.46 bits per heavy atom. The van der Waals surface area contributed by atoms with Crippen molar-refractivity contribution in [3.05, 3.63) is 26.6 Å². The molecule has 0 radical (unpaired) electrons. The number of aromatic hydroxyl groups is 1. The van der Waals surface area contributed by atoms with E-state index in [0.717, 1.165) is 18.5 Å². The number of fused-ring (bicyclic) bond motifs is 1. The number of alkyl halides is 1. The fourth-order valence-corrected chi connectivity index (χ4v) is 3.93. The normalized spacial score (nSPS) is 10.9. The highest BCUT2D eigenvalue weighted by Gasteiger charge is 2.10. The van der Waals surface area contributed by atoms with Crippen molar-refractivity contribution in [2.45, 2.75) is 5.88 Å². The maximum atomic E-state index is 9.57. The van der Waals surface area contributed by atoms with Crippen LogP contribution in [0.4, 0.5) is 0 Å². The van der Waals surface area contributed by atoms with Crippen molar-refractivity contribution >= 4 is 55.6 Å². The number of halogens is 2. The van der Waals surface area contributed by atoms with Gasteiger partial charge in [0.2, 0.25) is 0 Å². The van der Waals surface area contributed by atoms with Crippen molar-refractivity contribution in [3.8, 4) is 5.75 Å². The van der Waals surface area contributed by atoms with Crippen molar-refractivity contribution in [3.63, 3.8) is 0 Å². The molecule has 1 heterocycles.